The summed E-state index contributed by atoms with van der Waals surface area (Å²) < 4.78 is 16.7. The Morgan fingerprint density at radius 3 is 2.88 bits per heavy atom. The van der Waals surface area contributed by atoms with Gasteiger partial charge in [0.25, 0.3) is 0 Å². The number of carbonyl (C=O) groups is 2. The monoisotopic (exact) mass is 487 g/mol. The second-order valence-electron chi connectivity index (χ2n) is 6.65. The van der Waals surface area contributed by atoms with Crippen molar-refractivity contribution in [3.63, 3.8) is 0 Å². The lowest BCUT2D eigenvalue weighted by molar-refractivity contribution is -0.139. The molecular formula is C21H21N5O5S2. The number of aromatic nitrogens is 2. The van der Waals surface area contributed by atoms with Crippen molar-refractivity contribution in [3.8, 4) is 5.75 Å². The number of nitrogens with zero attached hydrogens (tertiary/aromatic N) is 2. The van der Waals surface area contributed by atoms with E-state index in [1.165, 1.54) is 29.4 Å². The molecule has 4 rings (SSSR count). The molecule has 1 aliphatic rings. The molecule has 2 amide bonds. The van der Waals surface area contributed by atoms with Crippen LogP contribution in [0, 0.1) is 0 Å². The van der Waals surface area contributed by atoms with E-state index in [0.29, 0.717) is 26.7 Å². The summed E-state index contributed by atoms with van der Waals surface area (Å²) >= 11 is 2.69. The molecule has 3 N–H and O–H groups in total. The number of nitrogens with one attached hydrogen (secondary N) is 3. The third kappa shape index (κ3) is 5.29. The molecule has 10 nitrogen and oxygen atoms in total. The number of thioether (sulfide) groups is 1. The first-order valence-corrected chi connectivity index (χ1v) is 11.8. The maximum atomic E-state index is 12.7. The predicted octanol–water partition coefficient (Wildman–Crippen LogP) is 3.85. The smallest absolute Gasteiger partial charge is 0.338 e. The number of rotatable bonds is 9. The van der Waals surface area contributed by atoms with Crippen molar-refractivity contribution in [3.05, 3.63) is 59.7 Å². The number of ether oxygens (including phenoxy) is 2. The summed E-state index contributed by atoms with van der Waals surface area (Å²) in [5.41, 5.74) is 1.49. The van der Waals surface area contributed by atoms with Crippen molar-refractivity contribution >= 4 is 45.9 Å². The van der Waals surface area contributed by atoms with Crippen molar-refractivity contribution in [1.29, 1.82) is 0 Å². The van der Waals surface area contributed by atoms with Crippen molar-refractivity contribution in [2.24, 2.45) is 0 Å². The molecule has 1 aliphatic heterocycles. The molecule has 0 aliphatic carbocycles. The number of carbonyl (C=O) groups excluding carboxylic acids is 2. The third-order valence-electron chi connectivity index (χ3n) is 4.57. The topological polar surface area (TPSA) is 128 Å². The van der Waals surface area contributed by atoms with Gasteiger partial charge in [-0.15, -0.1) is 10.2 Å². The molecular weight excluding hydrogens is 466 g/mol. The molecule has 0 fully saturated rings. The highest BCUT2D eigenvalue weighted by Crippen LogP contribution is 2.34. The summed E-state index contributed by atoms with van der Waals surface area (Å²) in [5, 5.41) is 17.6. The highest BCUT2D eigenvalue weighted by Gasteiger charge is 2.35. The second-order valence-corrected chi connectivity index (χ2v) is 8.85. The average Bonchev–Trinajstić information content (AvgIpc) is 3.50. The minimum Gasteiger partial charge on any atom is -0.495 e. The van der Waals surface area contributed by atoms with Crippen LogP contribution < -0.4 is 20.7 Å². The zero-order chi connectivity index (χ0) is 23.2. The van der Waals surface area contributed by atoms with Crippen molar-refractivity contribution in [2.75, 3.05) is 24.8 Å². The van der Waals surface area contributed by atoms with Gasteiger partial charge in [-0.1, -0.05) is 35.2 Å². The first-order valence-electron chi connectivity index (χ1n) is 9.96. The molecule has 172 valence electrons. The fraction of sp³-hybridized carbons (Fsp3) is 0.238. The summed E-state index contributed by atoms with van der Waals surface area (Å²) in [6.45, 7) is 1.93. The normalized spacial score (nSPS) is 15.6. The van der Waals surface area contributed by atoms with Gasteiger partial charge in [0, 0.05) is 11.4 Å². The summed E-state index contributed by atoms with van der Waals surface area (Å²) in [6, 6.07) is 9.69. The summed E-state index contributed by atoms with van der Waals surface area (Å²) in [7, 11) is 1.60. The predicted molar refractivity (Wildman–Crippen MR) is 124 cm³/mol. The van der Waals surface area contributed by atoms with Crippen molar-refractivity contribution in [1.82, 2.24) is 20.8 Å². The van der Waals surface area contributed by atoms with E-state index < -0.39 is 18.0 Å². The second kappa shape index (κ2) is 10.4. The number of para-hydroxylation sites is 2. The van der Waals surface area contributed by atoms with Crippen LogP contribution in [0.25, 0.3) is 0 Å². The van der Waals surface area contributed by atoms with E-state index >= 15 is 0 Å². The van der Waals surface area contributed by atoms with Gasteiger partial charge in [-0.25, -0.2) is 9.59 Å². The van der Waals surface area contributed by atoms with Gasteiger partial charge in [0.15, 0.2) is 4.34 Å². The van der Waals surface area contributed by atoms with Gasteiger partial charge in [0.2, 0.25) is 5.13 Å². The van der Waals surface area contributed by atoms with Gasteiger partial charge >= 0.3 is 12.0 Å². The van der Waals surface area contributed by atoms with E-state index in [9.17, 15) is 9.59 Å². The Balaban J connectivity index is 1.53. The zero-order valence-electron chi connectivity index (χ0n) is 17.8. The Morgan fingerprint density at radius 2 is 2.12 bits per heavy atom. The first-order chi connectivity index (χ1) is 16.1. The van der Waals surface area contributed by atoms with Crippen LogP contribution in [-0.2, 0) is 9.53 Å². The SMILES string of the molecule is CCOC(=O)C1=C(CSc2nnc(Nc3ccccc3OC)s2)NC(=O)NC1c1ccco1. The number of benzene rings is 1. The number of urea groups is 1. The van der Waals surface area contributed by atoms with Gasteiger partial charge in [-0.3, -0.25) is 0 Å². The lowest BCUT2D eigenvalue weighted by Crippen LogP contribution is -2.46. The highest BCUT2D eigenvalue weighted by molar-refractivity contribution is 8.01. The van der Waals surface area contributed by atoms with E-state index in [-0.39, 0.29) is 17.9 Å². The molecule has 0 bridgehead atoms. The average molecular weight is 488 g/mol. The molecule has 3 aromatic rings. The van der Waals surface area contributed by atoms with E-state index in [0.717, 1.165) is 5.69 Å². The van der Waals surface area contributed by atoms with Crippen LogP contribution in [0.5, 0.6) is 5.75 Å². The molecule has 1 aromatic carbocycles. The van der Waals surface area contributed by atoms with Gasteiger partial charge in [-0.2, -0.15) is 0 Å². The maximum absolute atomic E-state index is 12.7. The van der Waals surface area contributed by atoms with Crippen molar-refractivity contribution < 1.29 is 23.5 Å². The van der Waals surface area contributed by atoms with E-state index in [4.69, 9.17) is 13.9 Å². The number of methoxy groups -OCH3 is 1. The van der Waals surface area contributed by atoms with Crippen LogP contribution in [0.4, 0.5) is 15.6 Å². The number of hydrogen-bond donors (Lipinski definition) is 3. The number of hydrogen-bond acceptors (Lipinski definition) is 10. The van der Waals surface area contributed by atoms with E-state index in [2.05, 4.69) is 26.1 Å². The maximum Gasteiger partial charge on any atom is 0.338 e. The Bertz CT molecular complexity index is 1160. The highest BCUT2D eigenvalue weighted by atomic mass is 32.2. The molecule has 2 aromatic heterocycles. The summed E-state index contributed by atoms with van der Waals surface area (Å²) in [6.07, 6.45) is 1.48. The Kier molecular flexibility index (Phi) is 7.15. The quantitative estimate of drug-likeness (QED) is 0.305. The molecule has 0 spiro atoms. The molecule has 0 saturated carbocycles. The number of furan rings is 1. The summed E-state index contributed by atoms with van der Waals surface area (Å²) in [5.74, 6) is 0.877. The lowest BCUT2D eigenvalue weighted by atomic mass is 10.0. The Labute approximate surface area is 197 Å². The third-order valence-corrected chi connectivity index (χ3v) is 6.57. The summed E-state index contributed by atoms with van der Waals surface area (Å²) in [4.78, 5) is 25.0. The molecule has 3 heterocycles. The van der Waals surface area contributed by atoms with E-state index in [1.807, 2.05) is 24.3 Å². The zero-order valence-corrected chi connectivity index (χ0v) is 19.4. The molecule has 1 unspecified atom stereocenters. The first kappa shape index (κ1) is 22.7. The fourth-order valence-corrected chi connectivity index (χ4v) is 4.90. The molecule has 12 heteroatoms. The standard InChI is InChI=1S/C21H21N5O5S2/c1-3-30-18(27)16-13(22-19(28)24-17(16)15-9-6-10-31-15)11-32-21-26-25-20(33-21)23-12-7-4-5-8-14(12)29-2/h4-10,17H,3,11H2,1-2H3,(H,23,25)(H2,22,24,28). The van der Waals surface area contributed by atoms with Crippen LogP contribution in [0.1, 0.15) is 18.7 Å². The van der Waals surface area contributed by atoms with Gasteiger partial charge < -0.3 is 29.8 Å². The molecule has 1 atom stereocenters. The van der Waals surface area contributed by atoms with E-state index in [1.54, 1.807) is 26.2 Å². The Morgan fingerprint density at radius 1 is 1.27 bits per heavy atom. The lowest BCUT2D eigenvalue weighted by Gasteiger charge is -2.27. The van der Waals surface area contributed by atoms with Gasteiger partial charge in [-0.05, 0) is 31.2 Å². The number of anilines is 2. The number of amides is 2. The molecule has 0 saturated heterocycles. The van der Waals surface area contributed by atoms with Crippen LogP contribution in [-0.4, -0.2) is 41.7 Å². The van der Waals surface area contributed by atoms with Crippen LogP contribution >= 0.6 is 23.1 Å². The largest absolute Gasteiger partial charge is 0.495 e. The van der Waals surface area contributed by atoms with Gasteiger partial charge in [0.1, 0.15) is 17.6 Å². The minimum absolute atomic E-state index is 0.204. The van der Waals surface area contributed by atoms with Crippen LogP contribution in [0.2, 0.25) is 0 Å². The van der Waals surface area contributed by atoms with Crippen LogP contribution in [0.15, 0.2) is 62.7 Å². The Hall–Kier alpha value is -3.51. The van der Waals surface area contributed by atoms with Crippen LogP contribution in [0.3, 0.4) is 0 Å². The number of esters is 1. The minimum atomic E-state index is -0.749. The molecule has 0 radical (unpaired) electrons. The fourth-order valence-electron chi connectivity index (χ4n) is 3.17. The molecule has 33 heavy (non-hydrogen) atoms. The van der Waals surface area contributed by atoms with Gasteiger partial charge in [0.05, 0.1) is 31.2 Å². The van der Waals surface area contributed by atoms with Crippen molar-refractivity contribution in [2.45, 2.75) is 17.3 Å².